The second-order valence-corrected chi connectivity index (χ2v) is 7.22. The minimum atomic E-state index is -0.392. The molecule has 2 heterocycles. The summed E-state index contributed by atoms with van der Waals surface area (Å²) in [6, 6.07) is 8.71. The van der Waals surface area contributed by atoms with Crippen molar-refractivity contribution >= 4 is 51.5 Å². The maximum Gasteiger partial charge on any atom is 0.336 e. The standard InChI is InChI=1S/C19H14Cl3NO3/c1-2-10-6-16(24)26-18-11(10)7-14(21)19-12(18)8-23(9-25-19)15-5-3-4-13(20)17(15)22/h3-7H,2,8-9H2,1H3. The van der Waals surface area contributed by atoms with Gasteiger partial charge in [0.15, 0.2) is 6.73 Å². The molecule has 0 atom stereocenters. The van der Waals surface area contributed by atoms with E-state index in [9.17, 15) is 4.79 Å². The van der Waals surface area contributed by atoms with Crippen molar-refractivity contribution in [2.24, 2.45) is 0 Å². The number of hydrogen-bond donors (Lipinski definition) is 0. The van der Waals surface area contributed by atoms with Crippen LogP contribution in [0.5, 0.6) is 5.75 Å². The largest absolute Gasteiger partial charge is 0.471 e. The van der Waals surface area contributed by atoms with Crippen molar-refractivity contribution in [2.45, 2.75) is 19.9 Å². The molecule has 0 saturated heterocycles. The van der Waals surface area contributed by atoms with Crippen LogP contribution in [0.2, 0.25) is 15.1 Å². The molecule has 0 radical (unpaired) electrons. The first-order valence-electron chi connectivity index (χ1n) is 8.09. The minimum Gasteiger partial charge on any atom is -0.471 e. The lowest BCUT2D eigenvalue weighted by molar-refractivity contribution is 0.289. The topological polar surface area (TPSA) is 42.7 Å². The van der Waals surface area contributed by atoms with Gasteiger partial charge >= 0.3 is 5.63 Å². The van der Waals surface area contributed by atoms with Crippen molar-refractivity contribution in [3.05, 3.63) is 66.9 Å². The summed E-state index contributed by atoms with van der Waals surface area (Å²) in [5.74, 6) is 0.532. The van der Waals surface area contributed by atoms with E-state index in [2.05, 4.69) is 0 Å². The fourth-order valence-corrected chi connectivity index (χ4v) is 3.93. The summed E-state index contributed by atoms with van der Waals surface area (Å²) in [5.41, 5.74) is 2.46. The molecule has 0 spiro atoms. The van der Waals surface area contributed by atoms with Gasteiger partial charge in [-0.2, -0.15) is 0 Å². The molecule has 2 aromatic carbocycles. The van der Waals surface area contributed by atoms with Crippen molar-refractivity contribution in [1.82, 2.24) is 0 Å². The predicted octanol–water partition coefficient (Wildman–Crippen LogP) is 5.67. The van der Waals surface area contributed by atoms with Crippen LogP contribution in [0.25, 0.3) is 11.0 Å². The first-order chi connectivity index (χ1) is 12.5. The van der Waals surface area contributed by atoms with Gasteiger partial charge in [-0.3, -0.25) is 0 Å². The van der Waals surface area contributed by atoms with E-state index in [0.29, 0.717) is 39.4 Å². The molecule has 3 aromatic rings. The molecule has 0 unspecified atom stereocenters. The monoisotopic (exact) mass is 409 g/mol. The smallest absolute Gasteiger partial charge is 0.336 e. The first kappa shape index (κ1) is 17.5. The van der Waals surface area contributed by atoms with Crippen LogP contribution in [-0.2, 0) is 13.0 Å². The molecule has 0 N–H and O–H groups in total. The summed E-state index contributed by atoms with van der Waals surface area (Å²) in [6.45, 7) is 2.68. The summed E-state index contributed by atoms with van der Waals surface area (Å²) in [7, 11) is 0. The highest BCUT2D eigenvalue weighted by Crippen LogP contribution is 2.42. The predicted molar refractivity (Wildman–Crippen MR) is 105 cm³/mol. The molecule has 26 heavy (non-hydrogen) atoms. The summed E-state index contributed by atoms with van der Waals surface area (Å²) < 4.78 is 11.4. The average molecular weight is 411 g/mol. The van der Waals surface area contributed by atoms with E-state index in [-0.39, 0.29) is 6.73 Å². The van der Waals surface area contributed by atoms with E-state index < -0.39 is 5.63 Å². The lowest BCUT2D eigenvalue weighted by Crippen LogP contribution is -2.32. The molecular weight excluding hydrogens is 397 g/mol. The van der Waals surface area contributed by atoms with Crippen LogP contribution < -0.4 is 15.3 Å². The van der Waals surface area contributed by atoms with Crippen molar-refractivity contribution in [3.8, 4) is 5.75 Å². The third-order valence-electron chi connectivity index (χ3n) is 4.49. The quantitative estimate of drug-likeness (QED) is 0.510. The van der Waals surface area contributed by atoms with Crippen LogP contribution in [0, 0.1) is 0 Å². The van der Waals surface area contributed by atoms with E-state index >= 15 is 0 Å². The zero-order valence-electron chi connectivity index (χ0n) is 13.8. The van der Waals surface area contributed by atoms with Crippen molar-refractivity contribution in [1.29, 1.82) is 0 Å². The Balaban J connectivity index is 1.90. The van der Waals surface area contributed by atoms with Gasteiger partial charge in [-0.05, 0) is 30.2 Å². The molecule has 1 aliphatic heterocycles. The molecule has 7 heteroatoms. The molecule has 4 rings (SSSR count). The summed E-state index contributed by atoms with van der Waals surface area (Å²) >= 11 is 18.9. The van der Waals surface area contributed by atoms with Gasteiger partial charge in [0.1, 0.15) is 11.3 Å². The van der Waals surface area contributed by atoms with Crippen LogP contribution in [0.15, 0.2) is 39.5 Å². The fraction of sp³-hybridized carbons (Fsp3) is 0.211. The number of aryl methyl sites for hydroxylation is 1. The highest BCUT2D eigenvalue weighted by Gasteiger charge is 2.26. The van der Waals surface area contributed by atoms with Gasteiger partial charge < -0.3 is 14.1 Å². The normalized spacial score (nSPS) is 13.6. The number of fused-ring (bicyclic) bond motifs is 3. The lowest BCUT2D eigenvalue weighted by Gasteiger charge is -2.32. The molecule has 4 nitrogen and oxygen atoms in total. The maximum absolute atomic E-state index is 12.0. The van der Waals surface area contributed by atoms with Gasteiger partial charge in [-0.25, -0.2) is 4.79 Å². The molecule has 0 aliphatic carbocycles. The summed E-state index contributed by atoms with van der Waals surface area (Å²) in [6.07, 6.45) is 0.696. The SMILES string of the molecule is CCc1cc(=O)oc2c3c(c(Cl)cc12)OCN(c1cccc(Cl)c1Cl)C3. The molecular formula is C19H14Cl3NO3. The van der Waals surface area contributed by atoms with E-state index in [1.165, 1.54) is 6.07 Å². The Morgan fingerprint density at radius 1 is 1.15 bits per heavy atom. The third kappa shape index (κ3) is 2.82. The van der Waals surface area contributed by atoms with Crippen LogP contribution >= 0.6 is 34.8 Å². The van der Waals surface area contributed by atoms with Gasteiger partial charge in [0.2, 0.25) is 0 Å². The van der Waals surface area contributed by atoms with Crippen LogP contribution in [0.4, 0.5) is 5.69 Å². The Labute approximate surface area is 164 Å². The molecule has 0 bridgehead atoms. The number of ether oxygens (including phenoxy) is 1. The molecule has 0 saturated carbocycles. The van der Waals surface area contributed by atoms with Crippen LogP contribution in [-0.4, -0.2) is 6.73 Å². The number of anilines is 1. The van der Waals surface area contributed by atoms with E-state index in [1.54, 1.807) is 12.1 Å². The van der Waals surface area contributed by atoms with Gasteiger partial charge in [0.05, 0.1) is 32.9 Å². The number of benzene rings is 2. The van der Waals surface area contributed by atoms with E-state index in [1.807, 2.05) is 24.0 Å². The van der Waals surface area contributed by atoms with Gasteiger partial charge in [-0.1, -0.05) is 47.8 Å². The Kier molecular flexibility index (Phi) is 4.51. The fourth-order valence-electron chi connectivity index (χ4n) is 3.24. The van der Waals surface area contributed by atoms with E-state index in [0.717, 1.165) is 22.2 Å². The number of halogens is 3. The maximum atomic E-state index is 12.0. The Bertz CT molecular complexity index is 1080. The molecule has 0 fully saturated rings. The summed E-state index contributed by atoms with van der Waals surface area (Å²) in [4.78, 5) is 13.9. The zero-order valence-corrected chi connectivity index (χ0v) is 16.1. The van der Waals surface area contributed by atoms with Crippen LogP contribution in [0.3, 0.4) is 0 Å². The number of hydrogen-bond acceptors (Lipinski definition) is 4. The van der Waals surface area contributed by atoms with Gasteiger partial charge in [0.25, 0.3) is 0 Å². The highest BCUT2D eigenvalue weighted by molar-refractivity contribution is 6.43. The van der Waals surface area contributed by atoms with Crippen molar-refractivity contribution in [3.63, 3.8) is 0 Å². The van der Waals surface area contributed by atoms with Gasteiger partial charge in [0, 0.05) is 11.5 Å². The van der Waals surface area contributed by atoms with E-state index in [4.69, 9.17) is 44.0 Å². The molecule has 0 amide bonds. The van der Waals surface area contributed by atoms with Crippen LogP contribution in [0.1, 0.15) is 18.1 Å². The second-order valence-electron chi connectivity index (χ2n) is 6.03. The Morgan fingerprint density at radius 3 is 2.73 bits per heavy atom. The minimum absolute atomic E-state index is 0.260. The van der Waals surface area contributed by atoms with Crippen molar-refractivity contribution < 1.29 is 9.15 Å². The average Bonchev–Trinajstić information content (AvgIpc) is 2.64. The van der Waals surface area contributed by atoms with Gasteiger partial charge in [-0.15, -0.1) is 0 Å². The third-order valence-corrected chi connectivity index (χ3v) is 5.58. The zero-order chi connectivity index (χ0) is 18.4. The molecule has 134 valence electrons. The molecule has 1 aliphatic rings. The second kappa shape index (κ2) is 6.69. The highest BCUT2D eigenvalue weighted by atomic mass is 35.5. The Hall–Kier alpha value is -1.88. The summed E-state index contributed by atoms with van der Waals surface area (Å²) in [5, 5.41) is 2.22. The lowest BCUT2D eigenvalue weighted by atomic mass is 10.0. The molecule has 1 aromatic heterocycles. The number of nitrogens with zero attached hydrogens (tertiary/aromatic N) is 1. The van der Waals surface area contributed by atoms with Crippen molar-refractivity contribution in [2.75, 3.05) is 11.6 Å². The Morgan fingerprint density at radius 2 is 1.96 bits per heavy atom. The number of rotatable bonds is 2. The first-order valence-corrected chi connectivity index (χ1v) is 9.23.